The number of carboxylic acid groups (broad SMARTS) is 1. The predicted octanol–water partition coefficient (Wildman–Crippen LogP) is 3.55. The van der Waals surface area contributed by atoms with Gasteiger partial charge in [0.25, 0.3) is 0 Å². The number of rotatable bonds is 2. The maximum atomic E-state index is 11.1. The Hall–Kier alpha value is -2.68. The summed E-state index contributed by atoms with van der Waals surface area (Å²) in [5, 5.41) is 29.9. The standard InChI is InChI=1S/C18H18N2O4/c19-10-18(5-7-20(8-6-18)17(22)23)13-3-4-14(21)16-12(13)9-15(24-16)11-1-2-11/h3-4,9,11,21H,1-2,5-8H2,(H,22,23). The van der Waals surface area contributed by atoms with Gasteiger partial charge in [0.05, 0.1) is 11.5 Å². The van der Waals surface area contributed by atoms with E-state index in [1.54, 1.807) is 12.1 Å². The fraction of sp³-hybridized carbons (Fsp3) is 0.444. The van der Waals surface area contributed by atoms with Gasteiger partial charge in [0.15, 0.2) is 11.3 Å². The third-order valence-corrected chi connectivity index (χ3v) is 5.28. The van der Waals surface area contributed by atoms with E-state index >= 15 is 0 Å². The normalized spacial score (nSPS) is 20.0. The van der Waals surface area contributed by atoms with Gasteiger partial charge >= 0.3 is 6.09 Å². The fourth-order valence-electron chi connectivity index (χ4n) is 3.64. The smallest absolute Gasteiger partial charge is 0.407 e. The van der Waals surface area contributed by atoms with E-state index in [4.69, 9.17) is 9.52 Å². The Morgan fingerprint density at radius 3 is 2.62 bits per heavy atom. The minimum absolute atomic E-state index is 0.0803. The molecule has 0 spiro atoms. The molecule has 1 saturated heterocycles. The number of nitriles is 1. The van der Waals surface area contributed by atoms with Crippen molar-refractivity contribution in [1.82, 2.24) is 4.90 Å². The SMILES string of the molecule is N#CC1(c2ccc(O)c3oc(C4CC4)cc23)CCN(C(=O)O)CC1. The Morgan fingerprint density at radius 2 is 2.04 bits per heavy atom. The second kappa shape index (κ2) is 5.17. The minimum atomic E-state index is -0.947. The van der Waals surface area contributed by atoms with Gasteiger partial charge < -0.3 is 19.5 Å². The Labute approximate surface area is 138 Å². The number of nitrogens with zero attached hydrogens (tertiary/aromatic N) is 2. The van der Waals surface area contributed by atoms with E-state index in [-0.39, 0.29) is 5.75 Å². The van der Waals surface area contributed by atoms with Gasteiger partial charge in [0.1, 0.15) is 5.76 Å². The van der Waals surface area contributed by atoms with Crippen molar-refractivity contribution in [2.45, 2.75) is 37.0 Å². The number of piperidine rings is 1. The van der Waals surface area contributed by atoms with Gasteiger partial charge in [-0.05, 0) is 43.4 Å². The number of fused-ring (bicyclic) bond motifs is 1. The number of hydrogen-bond donors (Lipinski definition) is 2. The number of benzene rings is 1. The van der Waals surface area contributed by atoms with Crippen LogP contribution in [-0.2, 0) is 5.41 Å². The van der Waals surface area contributed by atoms with Crippen molar-refractivity contribution in [1.29, 1.82) is 5.26 Å². The molecule has 0 bridgehead atoms. The topological polar surface area (TPSA) is 97.7 Å². The molecular formula is C18H18N2O4. The number of phenolic OH excluding ortho intramolecular Hbond substituents is 1. The van der Waals surface area contributed by atoms with Crippen molar-refractivity contribution in [3.05, 3.63) is 29.5 Å². The highest BCUT2D eigenvalue weighted by molar-refractivity contribution is 5.88. The fourth-order valence-corrected chi connectivity index (χ4v) is 3.64. The molecule has 124 valence electrons. The molecule has 0 atom stereocenters. The molecular weight excluding hydrogens is 308 g/mol. The zero-order valence-electron chi connectivity index (χ0n) is 13.2. The Kier molecular flexibility index (Phi) is 3.20. The van der Waals surface area contributed by atoms with E-state index in [0.717, 1.165) is 29.6 Å². The van der Waals surface area contributed by atoms with E-state index in [1.807, 2.05) is 6.07 Å². The van der Waals surface area contributed by atoms with Crippen LogP contribution in [-0.4, -0.2) is 34.3 Å². The average molecular weight is 326 g/mol. The van der Waals surface area contributed by atoms with E-state index in [9.17, 15) is 15.2 Å². The van der Waals surface area contributed by atoms with Crippen LogP contribution in [0.5, 0.6) is 5.75 Å². The van der Waals surface area contributed by atoms with Crippen LogP contribution in [0.15, 0.2) is 22.6 Å². The van der Waals surface area contributed by atoms with Gasteiger partial charge in [-0.1, -0.05) is 6.07 Å². The summed E-state index contributed by atoms with van der Waals surface area (Å²) in [6.07, 6.45) is 2.12. The molecule has 1 aliphatic carbocycles. The first kappa shape index (κ1) is 14.9. The quantitative estimate of drug-likeness (QED) is 0.879. The minimum Gasteiger partial charge on any atom is -0.504 e. The Balaban J connectivity index is 1.78. The summed E-state index contributed by atoms with van der Waals surface area (Å²) in [5.41, 5.74) is 0.519. The summed E-state index contributed by atoms with van der Waals surface area (Å²) in [4.78, 5) is 12.5. The highest BCUT2D eigenvalue weighted by Crippen LogP contribution is 2.47. The lowest BCUT2D eigenvalue weighted by molar-refractivity contribution is 0.125. The van der Waals surface area contributed by atoms with Crippen LogP contribution >= 0.6 is 0 Å². The zero-order valence-corrected chi connectivity index (χ0v) is 13.2. The summed E-state index contributed by atoms with van der Waals surface area (Å²) in [7, 11) is 0. The molecule has 4 rings (SSSR count). The lowest BCUT2D eigenvalue weighted by Crippen LogP contribution is -2.44. The van der Waals surface area contributed by atoms with Crippen LogP contribution < -0.4 is 0 Å². The van der Waals surface area contributed by atoms with Gasteiger partial charge in [-0.3, -0.25) is 0 Å². The van der Waals surface area contributed by atoms with E-state index in [1.165, 1.54) is 4.90 Å². The van der Waals surface area contributed by atoms with Crippen molar-refractivity contribution in [2.75, 3.05) is 13.1 Å². The van der Waals surface area contributed by atoms with Crippen LogP contribution in [0.3, 0.4) is 0 Å². The first-order chi connectivity index (χ1) is 11.5. The summed E-state index contributed by atoms with van der Waals surface area (Å²) in [5.74, 6) is 1.36. The molecule has 1 amide bonds. The number of likely N-dealkylation sites (tertiary alicyclic amines) is 1. The maximum absolute atomic E-state index is 11.1. The molecule has 2 aliphatic rings. The monoisotopic (exact) mass is 326 g/mol. The summed E-state index contributed by atoms with van der Waals surface area (Å²) in [6.45, 7) is 0.664. The summed E-state index contributed by atoms with van der Waals surface area (Å²) >= 11 is 0. The molecule has 2 fully saturated rings. The third kappa shape index (κ3) is 2.20. The molecule has 1 aromatic carbocycles. The van der Waals surface area contributed by atoms with Crippen LogP contribution in [0.2, 0.25) is 0 Å². The van der Waals surface area contributed by atoms with E-state index in [2.05, 4.69) is 6.07 Å². The highest BCUT2D eigenvalue weighted by Gasteiger charge is 2.40. The second-order valence-corrected chi connectivity index (χ2v) is 6.76. The molecule has 1 saturated carbocycles. The largest absolute Gasteiger partial charge is 0.504 e. The molecule has 6 nitrogen and oxygen atoms in total. The van der Waals surface area contributed by atoms with Crippen molar-refractivity contribution in [2.24, 2.45) is 0 Å². The first-order valence-corrected chi connectivity index (χ1v) is 8.19. The van der Waals surface area contributed by atoms with Crippen LogP contribution in [0.1, 0.15) is 42.9 Å². The van der Waals surface area contributed by atoms with E-state index < -0.39 is 11.5 Å². The predicted molar refractivity (Wildman–Crippen MR) is 86.0 cm³/mol. The van der Waals surface area contributed by atoms with Gasteiger partial charge in [-0.2, -0.15) is 5.26 Å². The summed E-state index contributed by atoms with van der Waals surface area (Å²) in [6, 6.07) is 7.72. The molecule has 6 heteroatoms. The lowest BCUT2D eigenvalue weighted by Gasteiger charge is -2.36. The Bertz CT molecular complexity index is 852. The molecule has 0 radical (unpaired) electrons. The van der Waals surface area contributed by atoms with Crippen molar-refractivity contribution < 1.29 is 19.4 Å². The summed E-state index contributed by atoms with van der Waals surface area (Å²) < 4.78 is 5.84. The number of phenols is 1. The van der Waals surface area contributed by atoms with Crippen LogP contribution in [0.25, 0.3) is 11.0 Å². The first-order valence-electron chi connectivity index (χ1n) is 8.19. The van der Waals surface area contributed by atoms with Crippen LogP contribution in [0.4, 0.5) is 4.79 Å². The van der Waals surface area contributed by atoms with E-state index in [0.29, 0.717) is 37.4 Å². The van der Waals surface area contributed by atoms with Crippen LogP contribution in [0, 0.1) is 11.3 Å². The second-order valence-electron chi connectivity index (χ2n) is 6.76. The lowest BCUT2D eigenvalue weighted by atomic mass is 9.73. The molecule has 0 unspecified atom stereocenters. The maximum Gasteiger partial charge on any atom is 0.407 e. The molecule has 1 aliphatic heterocycles. The number of hydrogen-bond acceptors (Lipinski definition) is 4. The number of amides is 1. The van der Waals surface area contributed by atoms with Gasteiger partial charge in [0.2, 0.25) is 0 Å². The number of aromatic hydroxyl groups is 1. The van der Waals surface area contributed by atoms with Gasteiger partial charge in [-0.15, -0.1) is 0 Å². The zero-order chi connectivity index (χ0) is 16.9. The molecule has 24 heavy (non-hydrogen) atoms. The van der Waals surface area contributed by atoms with Gasteiger partial charge in [0, 0.05) is 24.4 Å². The van der Waals surface area contributed by atoms with Gasteiger partial charge in [-0.25, -0.2) is 4.79 Å². The molecule has 2 aromatic rings. The Morgan fingerprint density at radius 1 is 1.33 bits per heavy atom. The number of furan rings is 1. The van der Waals surface area contributed by atoms with Crippen molar-refractivity contribution in [3.8, 4) is 11.8 Å². The third-order valence-electron chi connectivity index (χ3n) is 5.28. The molecule has 1 aromatic heterocycles. The molecule has 2 heterocycles. The molecule has 2 N–H and O–H groups in total. The van der Waals surface area contributed by atoms with Crippen molar-refractivity contribution >= 4 is 17.1 Å². The van der Waals surface area contributed by atoms with Crippen molar-refractivity contribution in [3.63, 3.8) is 0 Å². The highest BCUT2D eigenvalue weighted by atomic mass is 16.4. The number of carbonyl (C=O) groups is 1. The average Bonchev–Trinajstić information content (AvgIpc) is 3.34.